The number of nitrogens with zero attached hydrogens (tertiary/aromatic N) is 1. The maximum Gasteiger partial charge on any atom is 0.226 e. The molecule has 0 bridgehead atoms. The fraction of sp³-hybridized carbons (Fsp3) is 0.316. The molecule has 0 N–H and O–H groups in total. The van der Waals surface area contributed by atoms with Crippen molar-refractivity contribution in [3.63, 3.8) is 0 Å². The molecular weight excluding hydrogens is 325 g/mol. The SMILES string of the molecule is COc1ccc(CC(=O)N(C)CCOc2ccccc2F)cc1OC. The zero-order chi connectivity index (χ0) is 18.2. The van der Waals surface area contributed by atoms with Crippen molar-refractivity contribution < 1.29 is 23.4 Å². The van der Waals surface area contributed by atoms with Crippen molar-refractivity contribution in [1.82, 2.24) is 4.90 Å². The first-order valence-corrected chi connectivity index (χ1v) is 7.87. The van der Waals surface area contributed by atoms with E-state index in [-0.39, 0.29) is 24.7 Å². The van der Waals surface area contributed by atoms with Gasteiger partial charge in [0.25, 0.3) is 0 Å². The van der Waals surface area contributed by atoms with Crippen molar-refractivity contribution in [1.29, 1.82) is 0 Å². The van der Waals surface area contributed by atoms with Crippen molar-refractivity contribution in [2.24, 2.45) is 0 Å². The monoisotopic (exact) mass is 347 g/mol. The smallest absolute Gasteiger partial charge is 0.226 e. The summed E-state index contributed by atoms with van der Waals surface area (Å²) in [5, 5.41) is 0. The van der Waals surface area contributed by atoms with Gasteiger partial charge in [-0.15, -0.1) is 0 Å². The van der Waals surface area contributed by atoms with Crippen molar-refractivity contribution in [3.8, 4) is 17.2 Å². The number of para-hydroxylation sites is 1. The Labute approximate surface area is 146 Å². The first-order chi connectivity index (χ1) is 12.0. The Morgan fingerprint density at radius 1 is 1.04 bits per heavy atom. The van der Waals surface area contributed by atoms with E-state index in [1.165, 1.54) is 6.07 Å². The highest BCUT2D eigenvalue weighted by molar-refractivity contribution is 5.78. The predicted octanol–water partition coefficient (Wildman–Crippen LogP) is 2.92. The van der Waals surface area contributed by atoms with Crippen molar-refractivity contribution in [2.75, 3.05) is 34.4 Å². The van der Waals surface area contributed by atoms with Gasteiger partial charge in [0.05, 0.1) is 27.2 Å². The molecule has 0 atom stereocenters. The Morgan fingerprint density at radius 2 is 1.76 bits per heavy atom. The first kappa shape index (κ1) is 18.6. The molecule has 25 heavy (non-hydrogen) atoms. The van der Waals surface area contributed by atoms with Crippen LogP contribution in [0, 0.1) is 5.82 Å². The summed E-state index contributed by atoms with van der Waals surface area (Å²) < 4.78 is 29.3. The van der Waals surface area contributed by atoms with Gasteiger partial charge in [-0.2, -0.15) is 0 Å². The second kappa shape index (κ2) is 8.92. The lowest BCUT2D eigenvalue weighted by molar-refractivity contribution is -0.129. The van der Waals surface area contributed by atoms with Crippen LogP contribution in [0.25, 0.3) is 0 Å². The lowest BCUT2D eigenvalue weighted by atomic mass is 10.1. The molecule has 0 aliphatic carbocycles. The van der Waals surface area contributed by atoms with Crippen LogP contribution in [0.15, 0.2) is 42.5 Å². The number of likely N-dealkylation sites (N-methyl/N-ethyl adjacent to an activating group) is 1. The van der Waals surface area contributed by atoms with Crippen LogP contribution in [0.1, 0.15) is 5.56 Å². The number of carbonyl (C=O) groups excluding carboxylic acids is 1. The minimum absolute atomic E-state index is 0.0654. The van der Waals surface area contributed by atoms with Gasteiger partial charge >= 0.3 is 0 Å². The van der Waals surface area contributed by atoms with Crippen LogP contribution >= 0.6 is 0 Å². The van der Waals surface area contributed by atoms with E-state index < -0.39 is 5.82 Å². The molecule has 2 aromatic rings. The van der Waals surface area contributed by atoms with E-state index in [0.29, 0.717) is 18.0 Å². The molecule has 0 unspecified atom stereocenters. The maximum absolute atomic E-state index is 13.5. The van der Waals surface area contributed by atoms with Crippen molar-refractivity contribution >= 4 is 5.91 Å². The van der Waals surface area contributed by atoms with Crippen LogP contribution in [-0.2, 0) is 11.2 Å². The quantitative estimate of drug-likeness (QED) is 0.737. The van der Waals surface area contributed by atoms with E-state index in [4.69, 9.17) is 14.2 Å². The highest BCUT2D eigenvalue weighted by Gasteiger charge is 2.12. The van der Waals surface area contributed by atoms with Gasteiger partial charge in [-0.05, 0) is 29.8 Å². The summed E-state index contributed by atoms with van der Waals surface area (Å²) in [6.07, 6.45) is 0.233. The number of amides is 1. The Bertz CT molecular complexity index is 720. The van der Waals surface area contributed by atoms with Gasteiger partial charge in [0.15, 0.2) is 23.1 Å². The van der Waals surface area contributed by atoms with E-state index in [9.17, 15) is 9.18 Å². The molecule has 2 rings (SSSR count). The average Bonchev–Trinajstić information content (AvgIpc) is 2.63. The van der Waals surface area contributed by atoms with Crippen LogP contribution in [0.5, 0.6) is 17.2 Å². The number of rotatable bonds is 8. The molecule has 0 fully saturated rings. The number of hydrogen-bond donors (Lipinski definition) is 0. The summed E-state index contributed by atoms with van der Waals surface area (Å²) in [6.45, 7) is 0.579. The third-order valence-corrected chi connectivity index (χ3v) is 3.75. The van der Waals surface area contributed by atoms with E-state index in [1.807, 2.05) is 6.07 Å². The molecule has 0 saturated carbocycles. The normalized spacial score (nSPS) is 10.2. The number of hydrogen-bond acceptors (Lipinski definition) is 4. The second-order valence-electron chi connectivity index (χ2n) is 5.46. The Hall–Kier alpha value is -2.76. The molecule has 0 radical (unpaired) electrons. The molecule has 0 spiro atoms. The molecule has 1 amide bonds. The molecule has 0 aromatic heterocycles. The fourth-order valence-corrected chi connectivity index (χ4v) is 2.28. The molecule has 0 aliphatic rings. The average molecular weight is 347 g/mol. The number of benzene rings is 2. The van der Waals surface area contributed by atoms with Gasteiger partial charge in [-0.1, -0.05) is 18.2 Å². The maximum atomic E-state index is 13.5. The van der Waals surface area contributed by atoms with Crippen LogP contribution in [0.2, 0.25) is 0 Å². The van der Waals surface area contributed by atoms with Crippen LogP contribution < -0.4 is 14.2 Å². The fourth-order valence-electron chi connectivity index (χ4n) is 2.28. The van der Waals surface area contributed by atoms with E-state index >= 15 is 0 Å². The lowest BCUT2D eigenvalue weighted by Gasteiger charge is -2.18. The Kier molecular flexibility index (Phi) is 6.62. The Morgan fingerprint density at radius 3 is 2.44 bits per heavy atom. The summed E-state index contributed by atoms with van der Waals surface area (Å²) in [5.41, 5.74) is 0.824. The molecular formula is C19H22FNO4. The zero-order valence-corrected chi connectivity index (χ0v) is 14.6. The molecule has 5 nitrogen and oxygen atoms in total. The van der Waals surface area contributed by atoms with E-state index in [2.05, 4.69) is 0 Å². The van der Waals surface area contributed by atoms with E-state index in [0.717, 1.165) is 5.56 Å². The molecule has 6 heteroatoms. The van der Waals surface area contributed by atoms with Gasteiger partial charge in [0, 0.05) is 7.05 Å². The molecule has 0 heterocycles. The van der Waals surface area contributed by atoms with Crippen LogP contribution in [-0.4, -0.2) is 45.2 Å². The third kappa shape index (κ3) is 5.11. The van der Waals surface area contributed by atoms with Gasteiger partial charge < -0.3 is 19.1 Å². The topological polar surface area (TPSA) is 48.0 Å². The van der Waals surface area contributed by atoms with Crippen LogP contribution in [0.3, 0.4) is 0 Å². The molecule has 0 aliphatic heterocycles. The number of methoxy groups -OCH3 is 2. The van der Waals surface area contributed by atoms with Crippen LogP contribution in [0.4, 0.5) is 4.39 Å². The summed E-state index contributed by atoms with van der Waals surface area (Å²) in [7, 11) is 4.80. The summed E-state index contributed by atoms with van der Waals surface area (Å²) in [6, 6.07) is 11.6. The molecule has 134 valence electrons. The molecule has 2 aromatic carbocycles. The first-order valence-electron chi connectivity index (χ1n) is 7.87. The summed E-state index contributed by atoms with van der Waals surface area (Å²) in [4.78, 5) is 13.9. The minimum Gasteiger partial charge on any atom is -0.493 e. The van der Waals surface area contributed by atoms with Gasteiger partial charge in [0.2, 0.25) is 5.91 Å². The number of carbonyl (C=O) groups is 1. The van der Waals surface area contributed by atoms with Gasteiger partial charge in [0.1, 0.15) is 6.61 Å². The highest BCUT2D eigenvalue weighted by Crippen LogP contribution is 2.27. The van der Waals surface area contributed by atoms with Crippen molar-refractivity contribution in [2.45, 2.75) is 6.42 Å². The number of halogens is 1. The summed E-state index contributed by atoms with van der Waals surface area (Å²) >= 11 is 0. The summed E-state index contributed by atoms with van der Waals surface area (Å²) in [5.74, 6) is 0.901. The molecule has 0 saturated heterocycles. The lowest BCUT2D eigenvalue weighted by Crippen LogP contribution is -2.32. The van der Waals surface area contributed by atoms with Crippen molar-refractivity contribution in [3.05, 3.63) is 53.8 Å². The van der Waals surface area contributed by atoms with Gasteiger partial charge in [-0.25, -0.2) is 4.39 Å². The van der Waals surface area contributed by atoms with E-state index in [1.54, 1.807) is 56.5 Å². The number of ether oxygens (including phenoxy) is 3. The third-order valence-electron chi connectivity index (χ3n) is 3.75. The Balaban J connectivity index is 1.87. The highest BCUT2D eigenvalue weighted by atomic mass is 19.1. The minimum atomic E-state index is -0.415. The standard InChI is InChI=1S/C19H22FNO4/c1-21(10-11-25-16-7-5-4-6-15(16)20)19(22)13-14-8-9-17(23-2)18(12-14)24-3/h4-9,12H,10-11,13H2,1-3H3. The zero-order valence-electron chi connectivity index (χ0n) is 14.6. The predicted molar refractivity (Wildman–Crippen MR) is 92.8 cm³/mol. The van der Waals surface area contributed by atoms with Gasteiger partial charge in [-0.3, -0.25) is 4.79 Å². The second-order valence-corrected chi connectivity index (χ2v) is 5.46. The largest absolute Gasteiger partial charge is 0.493 e.